The molecule has 142 valence electrons. The Kier molecular flexibility index (Phi) is 6.60. The second-order valence-corrected chi connectivity index (χ2v) is 6.91. The Morgan fingerprint density at radius 2 is 1.48 bits per heavy atom. The Hall–Kier alpha value is -2.66. The average molecular weight is 366 g/mol. The van der Waals surface area contributed by atoms with Crippen LogP contribution in [0.3, 0.4) is 0 Å². The second kappa shape index (κ2) is 9.33. The lowest BCUT2D eigenvalue weighted by atomic mass is 10.1. The molecule has 5 nitrogen and oxygen atoms in total. The van der Waals surface area contributed by atoms with Gasteiger partial charge in [-0.25, -0.2) is 4.79 Å². The van der Waals surface area contributed by atoms with E-state index in [0.717, 1.165) is 19.6 Å². The highest BCUT2D eigenvalue weighted by atomic mass is 16.5. The van der Waals surface area contributed by atoms with Gasteiger partial charge < -0.3 is 10.1 Å². The Morgan fingerprint density at radius 1 is 0.889 bits per heavy atom. The van der Waals surface area contributed by atoms with Gasteiger partial charge in [0.15, 0.2) is 0 Å². The number of esters is 1. The minimum absolute atomic E-state index is 0.165. The summed E-state index contributed by atoms with van der Waals surface area (Å²) in [5.41, 5.74) is 2.94. The van der Waals surface area contributed by atoms with Crippen LogP contribution in [0, 0.1) is 0 Å². The first kappa shape index (κ1) is 19.1. The number of nitrogens with zero attached hydrogens (tertiary/aromatic N) is 1. The van der Waals surface area contributed by atoms with E-state index in [9.17, 15) is 9.59 Å². The van der Waals surface area contributed by atoms with Gasteiger partial charge in [0.1, 0.15) is 0 Å². The maximum Gasteiger partial charge on any atom is 0.337 e. The molecule has 1 fully saturated rings. The van der Waals surface area contributed by atoms with Gasteiger partial charge in [-0.1, -0.05) is 25.0 Å². The van der Waals surface area contributed by atoms with E-state index in [4.69, 9.17) is 0 Å². The fraction of sp³-hybridized carbons (Fsp3) is 0.364. The van der Waals surface area contributed by atoms with Gasteiger partial charge in [-0.2, -0.15) is 0 Å². The quantitative estimate of drug-likeness (QED) is 0.810. The summed E-state index contributed by atoms with van der Waals surface area (Å²) >= 11 is 0. The lowest BCUT2D eigenvalue weighted by molar-refractivity contribution is 0.0600. The summed E-state index contributed by atoms with van der Waals surface area (Å²) in [5, 5.41) is 2.85. The number of carbonyl (C=O) groups is 2. The van der Waals surface area contributed by atoms with Crippen molar-refractivity contribution in [1.29, 1.82) is 0 Å². The van der Waals surface area contributed by atoms with Crippen LogP contribution in [0.4, 0.5) is 5.69 Å². The lowest BCUT2D eigenvalue weighted by Gasteiger charge is -2.19. The van der Waals surface area contributed by atoms with E-state index >= 15 is 0 Å². The van der Waals surface area contributed by atoms with Crippen molar-refractivity contribution in [2.24, 2.45) is 0 Å². The summed E-state index contributed by atoms with van der Waals surface area (Å²) in [7, 11) is 1.34. The Labute approximate surface area is 160 Å². The Balaban J connectivity index is 1.57. The predicted molar refractivity (Wildman–Crippen MR) is 106 cm³/mol. The van der Waals surface area contributed by atoms with Crippen molar-refractivity contribution in [3.8, 4) is 0 Å². The van der Waals surface area contributed by atoms with Gasteiger partial charge in [0, 0.05) is 17.8 Å². The van der Waals surface area contributed by atoms with E-state index < -0.39 is 5.97 Å². The molecule has 0 saturated carbocycles. The summed E-state index contributed by atoms with van der Waals surface area (Å²) in [5.74, 6) is -0.560. The molecule has 2 aromatic carbocycles. The summed E-state index contributed by atoms with van der Waals surface area (Å²) in [6.07, 6.45) is 5.21. The first-order chi connectivity index (χ1) is 13.2. The molecule has 0 spiro atoms. The van der Waals surface area contributed by atoms with Crippen LogP contribution in [0.5, 0.6) is 0 Å². The highest BCUT2D eigenvalue weighted by molar-refractivity contribution is 6.04. The second-order valence-electron chi connectivity index (χ2n) is 6.91. The van der Waals surface area contributed by atoms with Crippen LogP contribution >= 0.6 is 0 Å². The molecule has 27 heavy (non-hydrogen) atoms. The number of likely N-dealkylation sites (tertiary alicyclic amines) is 1. The van der Waals surface area contributed by atoms with Crippen LogP contribution in [0.1, 0.15) is 52.0 Å². The number of ether oxygens (including phenoxy) is 1. The lowest BCUT2D eigenvalue weighted by Crippen LogP contribution is -2.24. The van der Waals surface area contributed by atoms with E-state index in [1.807, 2.05) is 24.3 Å². The van der Waals surface area contributed by atoms with Crippen molar-refractivity contribution >= 4 is 17.6 Å². The van der Waals surface area contributed by atoms with Gasteiger partial charge in [-0.15, -0.1) is 0 Å². The molecule has 0 radical (unpaired) electrons. The third kappa shape index (κ3) is 5.41. The number of hydrogen-bond donors (Lipinski definition) is 1. The fourth-order valence-electron chi connectivity index (χ4n) is 3.32. The molecular formula is C22H26N2O3. The van der Waals surface area contributed by atoms with E-state index in [1.54, 1.807) is 24.3 Å². The number of benzene rings is 2. The van der Waals surface area contributed by atoms with E-state index in [-0.39, 0.29) is 5.91 Å². The monoisotopic (exact) mass is 366 g/mol. The van der Waals surface area contributed by atoms with Gasteiger partial charge >= 0.3 is 5.97 Å². The minimum atomic E-state index is -0.395. The van der Waals surface area contributed by atoms with Gasteiger partial charge in [-0.05, 0) is 67.9 Å². The number of amides is 1. The molecule has 0 bridgehead atoms. The molecule has 1 aliphatic rings. The van der Waals surface area contributed by atoms with Crippen LogP contribution < -0.4 is 5.32 Å². The molecule has 2 aromatic rings. The van der Waals surface area contributed by atoms with Crippen molar-refractivity contribution in [3.63, 3.8) is 0 Å². The van der Waals surface area contributed by atoms with Gasteiger partial charge in [0.05, 0.1) is 12.7 Å². The highest BCUT2D eigenvalue weighted by Gasteiger charge is 2.11. The van der Waals surface area contributed by atoms with E-state index in [0.29, 0.717) is 16.8 Å². The SMILES string of the molecule is COC(=O)c1ccc(NC(=O)c2ccc(CN3CCCCCC3)cc2)cc1. The Morgan fingerprint density at radius 3 is 2.07 bits per heavy atom. The summed E-state index contributed by atoms with van der Waals surface area (Å²) in [6, 6.07) is 14.4. The molecule has 1 aliphatic heterocycles. The standard InChI is InChI=1S/C22H26N2O3/c1-27-22(26)19-10-12-20(13-11-19)23-21(25)18-8-6-17(7-9-18)16-24-14-4-2-3-5-15-24/h6-13H,2-5,14-16H2,1H3,(H,23,25). The van der Waals surface area contributed by atoms with Crippen LogP contribution in [0.15, 0.2) is 48.5 Å². The topological polar surface area (TPSA) is 58.6 Å². The molecular weight excluding hydrogens is 340 g/mol. The zero-order valence-electron chi connectivity index (χ0n) is 15.7. The molecule has 0 atom stereocenters. The Bertz CT molecular complexity index is 761. The van der Waals surface area contributed by atoms with E-state index in [1.165, 1.54) is 38.4 Å². The van der Waals surface area contributed by atoms with E-state index in [2.05, 4.69) is 15.0 Å². The van der Waals surface area contributed by atoms with Crippen LogP contribution in [0.25, 0.3) is 0 Å². The smallest absolute Gasteiger partial charge is 0.337 e. The molecule has 0 unspecified atom stereocenters. The van der Waals surface area contributed by atoms with Gasteiger partial charge in [0.2, 0.25) is 0 Å². The first-order valence-electron chi connectivity index (χ1n) is 9.47. The number of hydrogen-bond acceptors (Lipinski definition) is 4. The normalized spacial score (nSPS) is 15.0. The van der Waals surface area contributed by atoms with Crippen LogP contribution in [-0.2, 0) is 11.3 Å². The molecule has 1 N–H and O–H groups in total. The molecule has 5 heteroatoms. The van der Waals surface area contributed by atoms with Crippen LogP contribution in [0.2, 0.25) is 0 Å². The van der Waals surface area contributed by atoms with Crippen molar-refractivity contribution in [2.45, 2.75) is 32.2 Å². The van der Waals surface area contributed by atoms with Crippen molar-refractivity contribution in [2.75, 3.05) is 25.5 Å². The van der Waals surface area contributed by atoms with Gasteiger partial charge in [0.25, 0.3) is 5.91 Å². The largest absolute Gasteiger partial charge is 0.465 e. The number of nitrogens with one attached hydrogen (secondary N) is 1. The van der Waals surface area contributed by atoms with Crippen molar-refractivity contribution in [1.82, 2.24) is 4.90 Å². The fourth-order valence-corrected chi connectivity index (χ4v) is 3.32. The number of methoxy groups -OCH3 is 1. The summed E-state index contributed by atoms with van der Waals surface area (Å²) in [4.78, 5) is 26.4. The maximum atomic E-state index is 12.4. The molecule has 0 aromatic heterocycles. The highest BCUT2D eigenvalue weighted by Crippen LogP contribution is 2.15. The zero-order valence-corrected chi connectivity index (χ0v) is 15.7. The average Bonchev–Trinajstić information content (AvgIpc) is 2.97. The third-order valence-electron chi connectivity index (χ3n) is 4.88. The maximum absolute atomic E-state index is 12.4. The van der Waals surface area contributed by atoms with Gasteiger partial charge in [-0.3, -0.25) is 9.69 Å². The molecule has 1 saturated heterocycles. The molecule has 1 amide bonds. The van der Waals surface area contributed by atoms with Crippen molar-refractivity contribution < 1.29 is 14.3 Å². The summed E-state index contributed by atoms with van der Waals surface area (Å²) < 4.78 is 4.67. The minimum Gasteiger partial charge on any atom is -0.465 e. The number of rotatable bonds is 5. The molecule has 0 aliphatic carbocycles. The predicted octanol–water partition coefficient (Wildman–Crippen LogP) is 4.10. The molecule has 3 rings (SSSR count). The third-order valence-corrected chi connectivity index (χ3v) is 4.88. The van der Waals surface area contributed by atoms with Crippen LogP contribution in [-0.4, -0.2) is 37.0 Å². The number of anilines is 1. The first-order valence-corrected chi connectivity index (χ1v) is 9.47. The van der Waals surface area contributed by atoms with Crippen molar-refractivity contribution in [3.05, 3.63) is 65.2 Å². The number of carbonyl (C=O) groups excluding carboxylic acids is 2. The zero-order chi connectivity index (χ0) is 19.1. The summed E-state index contributed by atoms with van der Waals surface area (Å²) in [6.45, 7) is 3.25. The molecule has 1 heterocycles.